The highest BCUT2D eigenvalue weighted by Crippen LogP contribution is 2.33. The number of hydrogen-bond acceptors (Lipinski definition) is 6. The van der Waals surface area contributed by atoms with Gasteiger partial charge in [-0.05, 0) is 24.3 Å². The predicted molar refractivity (Wildman–Crippen MR) is 101 cm³/mol. The minimum Gasteiger partial charge on any atom is -0.496 e. The summed E-state index contributed by atoms with van der Waals surface area (Å²) in [6.07, 6.45) is 3.48. The molecule has 7 heteroatoms. The van der Waals surface area contributed by atoms with Gasteiger partial charge in [0.1, 0.15) is 11.6 Å². The van der Waals surface area contributed by atoms with Gasteiger partial charge in [0, 0.05) is 25.9 Å². The highest BCUT2D eigenvalue weighted by Gasteiger charge is 2.39. The number of benzene rings is 1. The molecule has 0 radical (unpaired) electrons. The number of piperidine rings is 1. The zero-order valence-corrected chi connectivity index (χ0v) is 15.3. The SMILES string of the molecule is COc1ccccc1C(=O)Nc1ccc(N2CCC3(CC2)OCCO3)cn1. The van der Waals surface area contributed by atoms with Crippen LogP contribution in [0.5, 0.6) is 5.75 Å². The highest BCUT2D eigenvalue weighted by atomic mass is 16.7. The van der Waals surface area contributed by atoms with Crippen molar-refractivity contribution in [2.24, 2.45) is 0 Å². The summed E-state index contributed by atoms with van der Waals surface area (Å²) in [5, 5.41) is 2.81. The zero-order valence-electron chi connectivity index (χ0n) is 15.3. The lowest BCUT2D eigenvalue weighted by Gasteiger charge is -2.38. The maximum atomic E-state index is 12.5. The summed E-state index contributed by atoms with van der Waals surface area (Å²) in [5.41, 5.74) is 1.50. The van der Waals surface area contributed by atoms with Crippen LogP contribution in [0.15, 0.2) is 42.6 Å². The van der Waals surface area contributed by atoms with Gasteiger partial charge in [0.15, 0.2) is 5.79 Å². The van der Waals surface area contributed by atoms with Crippen molar-refractivity contribution in [3.63, 3.8) is 0 Å². The number of carbonyl (C=O) groups is 1. The molecule has 27 heavy (non-hydrogen) atoms. The molecule has 1 aromatic heterocycles. The summed E-state index contributed by atoms with van der Waals surface area (Å²) >= 11 is 0. The van der Waals surface area contributed by atoms with Crippen molar-refractivity contribution in [3.05, 3.63) is 48.2 Å². The minimum atomic E-state index is -0.382. The van der Waals surface area contributed by atoms with Crippen molar-refractivity contribution in [2.75, 3.05) is 43.6 Å². The number of nitrogens with one attached hydrogen (secondary N) is 1. The number of para-hydroxylation sites is 1. The van der Waals surface area contributed by atoms with Crippen LogP contribution in [0, 0.1) is 0 Å². The number of pyridine rings is 1. The maximum Gasteiger partial charge on any atom is 0.260 e. The second kappa shape index (κ2) is 7.54. The summed E-state index contributed by atoms with van der Waals surface area (Å²) in [6, 6.07) is 10.9. The highest BCUT2D eigenvalue weighted by molar-refractivity contribution is 6.05. The number of aromatic nitrogens is 1. The fourth-order valence-electron chi connectivity index (χ4n) is 3.55. The van der Waals surface area contributed by atoms with Crippen LogP contribution in [0.3, 0.4) is 0 Å². The average molecular weight is 369 g/mol. The monoisotopic (exact) mass is 369 g/mol. The topological polar surface area (TPSA) is 72.9 Å². The predicted octanol–water partition coefficient (Wildman–Crippen LogP) is 2.69. The third-order valence-electron chi connectivity index (χ3n) is 5.05. The number of anilines is 2. The molecule has 0 bridgehead atoms. The van der Waals surface area contributed by atoms with E-state index < -0.39 is 0 Å². The van der Waals surface area contributed by atoms with Crippen molar-refractivity contribution < 1.29 is 19.0 Å². The molecule has 1 spiro atoms. The Morgan fingerprint density at radius 3 is 2.56 bits per heavy atom. The van der Waals surface area contributed by atoms with E-state index in [0.717, 1.165) is 31.6 Å². The third kappa shape index (κ3) is 3.74. The molecule has 1 N–H and O–H groups in total. The Morgan fingerprint density at radius 2 is 1.89 bits per heavy atom. The van der Waals surface area contributed by atoms with Crippen LogP contribution < -0.4 is 15.0 Å². The molecule has 142 valence electrons. The van der Waals surface area contributed by atoms with Gasteiger partial charge in [-0.3, -0.25) is 4.79 Å². The summed E-state index contributed by atoms with van der Waals surface area (Å²) in [6.45, 7) is 3.08. The first-order valence-corrected chi connectivity index (χ1v) is 9.12. The van der Waals surface area contributed by atoms with Crippen molar-refractivity contribution in [2.45, 2.75) is 18.6 Å². The number of hydrogen-bond donors (Lipinski definition) is 1. The normalized spacial score (nSPS) is 18.5. The lowest BCUT2D eigenvalue weighted by Crippen LogP contribution is -2.45. The van der Waals surface area contributed by atoms with E-state index in [1.807, 2.05) is 18.2 Å². The van der Waals surface area contributed by atoms with E-state index in [-0.39, 0.29) is 11.7 Å². The Balaban J connectivity index is 1.38. The van der Waals surface area contributed by atoms with Crippen LogP contribution >= 0.6 is 0 Å². The first-order chi connectivity index (χ1) is 13.2. The summed E-state index contributed by atoms with van der Waals surface area (Å²) < 4.78 is 16.8. The molecule has 2 aromatic rings. The Kier molecular flexibility index (Phi) is 4.96. The van der Waals surface area contributed by atoms with Gasteiger partial charge in [-0.1, -0.05) is 12.1 Å². The van der Waals surface area contributed by atoms with Crippen molar-refractivity contribution >= 4 is 17.4 Å². The van der Waals surface area contributed by atoms with Gasteiger partial charge in [-0.15, -0.1) is 0 Å². The molecule has 0 atom stereocenters. The number of methoxy groups -OCH3 is 1. The standard InChI is InChI=1S/C20H23N3O4/c1-25-17-5-3-2-4-16(17)19(24)22-18-7-6-15(14-21-18)23-10-8-20(9-11-23)26-12-13-27-20/h2-7,14H,8-13H2,1H3,(H,21,22,24). The van der Waals surface area contributed by atoms with E-state index in [1.54, 1.807) is 31.5 Å². The van der Waals surface area contributed by atoms with Crippen LogP contribution in [0.25, 0.3) is 0 Å². The lowest BCUT2D eigenvalue weighted by molar-refractivity contribution is -0.169. The van der Waals surface area contributed by atoms with Gasteiger partial charge in [-0.25, -0.2) is 4.98 Å². The minimum absolute atomic E-state index is 0.247. The summed E-state index contributed by atoms with van der Waals surface area (Å²) in [5.74, 6) is 0.408. The molecule has 7 nitrogen and oxygen atoms in total. The maximum absolute atomic E-state index is 12.5. The van der Waals surface area contributed by atoms with Gasteiger partial charge in [-0.2, -0.15) is 0 Å². The van der Waals surface area contributed by atoms with Crippen molar-refractivity contribution in [1.82, 2.24) is 4.98 Å². The summed E-state index contributed by atoms with van der Waals surface area (Å²) in [7, 11) is 1.55. The van der Waals surface area contributed by atoms with E-state index >= 15 is 0 Å². The molecule has 2 saturated heterocycles. The van der Waals surface area contributed by atoms with Gasteiger partial charge < -0.3 is 24.4 Å². The molecule has 0 aliphatic carbocycles. The molecule has 0 saturated carbocycles. The van der Waals surface area contributed by atoms with Crippen LogP contribution in [0.2, 0.25) is 0 Å². The largest absolute Gasteiger partial charge is 0.496 e. The molecule has 2 aliphatic rings. The van der Waals surface area contributed by atoms with E-state index in [1.165, 1.54) is 0 Å². The number of carbonyl (C=O) groups excluding carboxylic acids is 1. The molecule has 2 fully saturated rings. The third-order valence-corrected chi connectivity index (χ3v) is 5.05. The van der Waals surface area contributed by atoms with Gasteiger partial charge in [0.25, 0.3) is 5.91 Å². The van der Waals surface area contributed by atoms with E-state index in [2.05, 4.69) is 15.2 Å². The van der Waals surface area contributed by atoms with E-state index in [0.29, 0.717) is 30.3 Å². The van der Waals surface area contributed by atoms with E-state index in [9.17, 15) is 4.79 Å². The fourth-order valence-corrected chi connectivity index (χ4v) is 3.55. The Hall–Kier alpha value is -2.64. The quantitative estimate of drug-likeness (QED) is 0.893. The molecule has 1 aromatic carbocycles. The Bertz CT molecular complexity index is 793. The molecule has 4 rings (SSSR count). The summed E-state index contributed by atoms with van der Waals surface area (Å²) in [4.78, 5) is 19.1. The molecule has 1 amide bonds. The number of nitrogens with zero attached hydrogens (tertiary/aromatic N) is 2. The number of rotatable bonds is 4. The van der Waals surface area contributed by atoms with Crippen molar-refractivity contribution in [1.29, 1.82) is 0 Å². The first-order valence-electron chi connectivity index (χ1n) is 9.12. The second-order valence-corrected chi connectivity index (χ2v) is 6.65. The molecule has 0 unspecified atom stereocenters. The second-order valence-electron chi connectivity index (χ2n) is 6.65. The molecule has 3 heterocycles. The van der Waals surface area contributed by atoms with Crippen molar-refractivity contribution in [3.8, 4) is 5.75 Å². The molecular formula is C20H23N3O4. The molecular weight excluding hydrogens is 346 g/mol. The fraction of sp³-hybridized carbons (Fsp3) is 0.400. The zero-order chi connectivity index (χ0) is 18.7. The van der Waals surface area contributed by atoms with Gasteiger partial charge in [0.2, 0.25) is 0 Å². The molecule has 2 aliphatic heterocycles. The smallest absolute Gasteiger partial charge is 0.260 e. The van der Waals surface area contributed by atoms with Crippen LogP contribution in [0.1, 0.15) is 23.2 Å². The van der Waals surface area contributed by atoms with Crippen LogP contribution in [0.4, 0.5) is 11.5 Å². The Morgan fingerprint density at radius 1 is 1.15 bits per heavy atom. The van der Waals surface area contributed by atoms with Crippen LogP contribution in [-0.4, -0.2) is 50.1 Å². The lowest BCUT2D eigenvalue weighted by atomic mass is 10.0. The van der Waals surface area contributed by atoms with Gasteiger partial charge >= 0.3 is 0 Å². The van der Waals surface area contributed by atoms with Gasteiger partial charge in [0.05, 0.1) is 37.8 Å². The van der Waals surface area contributed by atoms with Crippen LogP contribution in [-0.2, 0) is 9.47 Å². The number of amides is 1. The average Bonchev–Trinajstić information content (AvgIpc) is 3.17. The first kappa shape index (κ1) is 17.8. The number of ether oxygens (including phenoxy) is 3. The Labute approximate surface area is 158 Å². The van der Waals surface area contributed by atoms with E-state index in [4.69, 9.17) is 14.2 Å².